The lowest BCUT2D eigenvalue weighted by Gasteiger charge is -2.28. The zero-order chi connectivity index (χ0) is 12.8. The number of aromatic nitrogens is 2. The molecule has 5 nitrogen and oxygen atoms in total. The average molecular weight is 250 g/mol. The third kappa shape index (κ3) is 3.10. The van der Waals surface area contributed by atoms with E-state index in [1.165, 1.54) is 0 Å². The summed E-state index contributed by atoms with van der Waals surface area (Å²) in [4.78, 5) is 11.1. The van der Waals surface area contributed by atoms with Crippen molar-refractivity contribution in [1.82, 2.24) is 15.3 Å². The minimum atomic E-state index is 0.519. The lowest BCUT2D eigenvalue weighted by atomic mass is 10.2. The largest absolute Gasteiger partial charge is 0.477 e. The van der Waals surface area contributed by atoms with Crippen LogP contribution >= 0.6 is 0 Å². The predicted octanol–water partition coefficient (Wildman–Crippen LogP) is 1.45. The van der Waals surface area contributed by atoms with E-state index >= 15 is 0 Å². The summed E-state index contributed by atoms with van der Waals surface area (Å²) in [7, 11) is 0. The fourth-order valence-corrected chi connectivity index (χ4v) is 2.27. The number of rotatable bonds is 6. The molecular weight excluding hydrogens is 228 g/mol. The van der Waals surface area contributed by atoms with Crippen molar-refractivity contribution in [3.05, 3.63) is 12.4 Å². The molecule has 0 aliphatic carbocycles. The van der Waals surface area contributed by atoms with Gasteiger partial charge in [0.25, 0.3) is 0 Å². The maximum absolute atomic E-state index is 5.54. The minimum absolute atomic E-state index is 0.519. The van der Waals surface area contributed by atoms with Gasteiger partial charge in [0, 0.05) is 19.1 Å². The third-order valence-corrected chi connectivity index (χ3v) is 3.16. The number of nitrogens with zero attached hydrogens (tertiary/aromatic N) is 3. The Labute approximate surface area is 109 Å². The van der Waals surface area contributed by atoms with Crippen LogP contribution in [0.1, 0.15) is 26.7 Å². The van der Waals surface area contributed by atoms with Gasteiger partial charge in [-0.1, -0.05) is 6.92 Å². The average Bonchev–Trinajstić information content (AvgIpc) is 2.92. The van der Waals surface area contributed by atoms with Crippen molar-refractivity contribution in [2.45, 2.75) is 32.7 Å². The highest BCUT2D eigenvalue weighted by Crippen LogP contribution is 2.19. The quantitative estimate of drug-likeness (QED) is 0.828. The first-order valence-electron chi connectivity index (χ1n) is 6.77. The van der Waals surface area contributed by atoms with Gasteiger partial charge in [-0.25, -0.2) is 0 Å². The lowest BCUT2D eigenvalue weighted by molar-refractivity contribution is 0.304. The van der Waals surface area contributed by atoms with Gasteiger partial charge in [0.2, 0.25) is 5.88 Å². The molecule has 1 aliphatic heterocycles. The van der Waals surface area contributed by atoms with Crippen LogP contribution in [0.2, 0.25) is 0 Å². The van der Waals surface area contributed by atoms with E-state index in [4.69, 9.17) is 4.74 Å². The van der Waals surface area contributed by atoms with Crippen molar-refractivity contribution in [3.8, 4) is 5.88 Å². The molecule has 1 aromatic rings. The van der Waals surface area contributed by atoms with Crippen LogP contribution in [0.15, 0.2) is 12.4 Å². The topological polar surface area (TPSA) is 50.3 Å². The Hall–Kier alpha value is -1.36. The van der Waals surface area contributed by atoms with Crippen LogP contribution in [-0.2, 0) is 0 Å². The fourth-order valence-electron chi connectivity index (χ4n) is 2.27. The molecule has 1 atom stereocenters. The van der Waals surface area contributed by atoms with Gasteiger partial charge in [-0.2, -0.15) is 4.98 Å². The molecule has 1 saturated heterocycles. The van der Waals surface area contributed by atoms with Crippen molar-refractivity contribution in [1.29, 1.82) is 0 Å². The number of ether oxygens (including phenoxy) is 1. The van der Waals surface area contributed by atoms with E-state index in [2.05, 4.69) is 34.0 Å². The second kappa shape index (κ2) is 6.54. The summed E-state index contributed by atoms with van der Waals surface area (Å²) >= 11 is 0. The molecule has 5 heteroatoms. The van der Waals surface area contributed by atoms with Crippen LogP contribution in [-0.4, -0.2) is 42.3 Å². The molecule has 1 unspecified atom stereocenters. The summed E-state index contributed by atoms with van der Waals surface area (Å²) < 4.78 is 5.54. The second-order valence-corrected chi connectivity index (χ2v) is 4.50. The zero-order valence-corrected chi connectivity index (χ0v) is 11.2. The van der Waals surface area contributed by atoms with Gasteiger partial charge in [0.05, 0.1) is 19.0 Å². The maximum Gasteiger partial charge on any atom is 0.234 e. The SMILES string of the molecule is CCCOc1cncc(N(CC)C2CCNC2)n1. The highest BCUT2D eigenvalue weighted by molar-refractivity contribution is 5.39. The molecule has 0 amide bonds. The molecule has 18 heavy (non-hydrogen) atoms. The number of hydrogen-bond donors (Lipinski definition) is 1. The minimum Gasteiger partial charge on any atom is -0.477 e. The fraction of sp³-hybridized carbons (Fsp3) is 0.692. The number of nitrogens with one attached hydrogen (secondary N) is 1. The Morgan fingerprint density at radius 3 is 3.00 bits per heavy atom. The van der Waals surface area contributed by atoms with Crippen LogP contribution in [0.3, 0.4) is 0 Å². The lowest BCUT2D eigenvalue weighted by Crippen LogP contribution is -2.37. The molecule has 1 fully saturated rings. The molecule has 0 aromatic carbocycles. The van der Waals surface area contributed by atoms with Crippen molar-refractivity contribution in [3.63, 3.8) is 0 Å². The Morgan fingerprint density at radius 2 is 2.33 bits per heavy atom. The summed E-state index contributed by atoms with van der Waals surface area (Å²) in [5, 5.41) is 3.38. The van der Waals surface area contributed by atoms with Gasteiger partial charge in [-0.3, -0.25) is 4.98 Å². The zero-order valence-electron chi connectivity index (χ0n) is 11.2. The van der Waals surface area contributed by atoms with Crippen molar-refractivity contribution >= 4 is 5.82 Å². The first kappa shape index (κ1) is 13.1. The van der Waals surface area contributed by atoms with Gasteiger partial charge in [-0.05, 0) is 26.3 Å². The van der Waals surface area contributed by atoms with Crippen LogP contribution in [0, 0.1) is 0 Å². The molecule has 0 radical (unpaired) electrons. The van der Waals surface area contributed by atoms with Crippen LogP contribution in [0.5, 0.6) is 5.88 Å². The highest BCUT2D eigenvalue weighted by Gasteiger charge is 2.22. The maximum atomic E-state index is 5.54. The first-order chi connectivity index (χ1) is 8.85. The number of likely N-dealkylation sites (N-methyl/N-ethyl adjacent to an activating group) is 1. The smallest absolute Gasteiger partial charge is 0.234 e. The van der Waals surface area contributed by atoms with Gasteiger partial charge >= 0.3 is 0 Å². The highest BCUT2D eigenvalue weighted by atomic mass is 16.5. The van der Waals surface area contributed by atoms with E-state index in [0.717, 1.165) is 38.3 Å². The molecule has 1 aliphatic rings. The van der Waals surface area contributed by atoms with Crippen molar-refractivity contribution in [2.24, 2.45) is 0 Å². The van der Waals surface area contributed by atoms with Gasteiger partial charge in [0.15, 0.2) is 5.82 Å². The van der Waals surface area contributed by atoms with E-state index < -0.39 is 0 Å². The Bertz CT molecular complexity index is 366. The molecule has 2 heterocycles. The Morgan fingerprint density at radius 1 is 1.44 bits per heavy atom. The Kier molecular flexibility index (Phi) is 4.75. The van der Waals surface area contributed by atoms with Gasteiger partial charge < -0.3 is 15.0 Å². The van der Waals surface area contributed by atoms with E-state index in [1.54, 1.807) is 6.20 Å². The van der Waals surface area contributed by atoms with E-state index in [0.29, 0.717) is 18.5 Å². The second-order valence-electron chi connectivity index (χ2n) is 4.50. The molecular formula is C13H22N4O. The van der Waals surface area contributed by atoms with Gasteiger partial charge in [-0.15, -0.1) is 0 Å². The summed E-state index contributed by atoms with van der Waals surface area (Å²) in [5.74, 6) is 1.54. The van der Waals surface area contributed by atoms with E-state index in [9.17, 15) is 0 Å². The molecule has 0 saturated carbocycles. The number of anilines is 1. The van der Waals surface area contributed by atoms with Gasteiger partial charge in [0.1, 0.15) is 0 Å². The summed E-state index contributed by atoms with van der Waals surface area (Å²) in [5.41, 5.74) is 0. The summed E-state index contributed by atoms with van der Waals surface area (Å²) in [6, 6.07) is 0.519. The van der Waals surface area contributed by atoms with Crippen LogP contribution < -0.4 is 15.0 Å². The Balaban J connectivity index is 2.09. The predicted molar refractivity (Wildman–Crippen MR) is 72.1 cm³/mol. The van der Waals surface area contributed by atoms with Crippen LogP contribution in [0.25, 0.3) is 0 Å². The molecule has 1 N–H and O–H groups in total. The molecule has 0 bridgehead atoms. The monoisotopic (exact) mass is 250 g/mol. The number of hydrogen-bond acceptors (Lipinski definition) is 5. The normalized spacial score (nSPS) is 18.9. The molecule has 2 rings (SSSR count). The third-order valence-electron chi connectivity index (χ3n) is 3.16. The summed E-state index contributed by atoms with van der Waals surface area (Å²) in [6.07, 6.45) is 5.64. The molecule has 100 valence electrons. The molecule has 1 aromatic heterocycles. The van der Waals surface area contributed by atoms with E-state index in [1.807, 2.05) is 6.20 Å². The van der Waals surface area contributed by atoms with E-state index in [-0.39, 0.29) is 0 Å². The summed E-state index contributed by atoms with van der Waals surface area (Å²) in [6.45, 7) is 7.98. The van der Waals surface area contributed by atoms with Crippen molar-refractivity contribution in [2.75, 3.05) is 31.1 Å². The molecule has 0 spiro atoms. The first-order valence-corrected chi connectivity index (χ1v) is 6.77. The van der Waals surface area contributed by atoms with Crippen molar-refractivity contribution < 1.29 is 4.74 Å². The van der Waals surface area contributed by atoms with Crippen LogP contribution in [0.4, 0.5) is 5.82 Å². The standard InChI is InChI=1S/C13H22N4O/c1-3-7-18-13-10-15-9-12(16-13)17(4-2)11-5-6-14-8-11/h9-11,14H,3-8H2,1-2H3.